The molecule has 0 atom stereocenters. The highest BCUT2D eigenvalue weighted by Crippen LogP contribution is 2.22. The fraction of sp³-hybridized carbons (Fsp3) is 0. The first kappa shape index (κ1) is 9.93. The van der Waals surface area contributed by atoms with Gasteiger partial charge in [0.1, 0.15) is 17.5 Å². The topological polar surface area (TPSA) is 87.1 Å². The molecule has 0 fully saturated rings. The van der Waals surface area contributed by atoms with Crippen LogP contribution in [-0.4, -0.2) is 16.2 Å². The quantitative estimate of drug-likeness (QED) is 0.824. The van der Waals surface area contributed by atoms with Crippen molar-refractivity contribution in [3.05, 3.63) is 41.7 Å². The van der Waals surface area contributed by atoms with E-state index in [1.165, 1.54) is 0 Å². The summed E-state index contributed by atoms with van der Waals surface area (Å²) >= 11 is 0. The smallest absolute Gasteiger partial charge is 0.341 e. The van der Waals surface area contributed by atoms with Crippen LogP contribution in [0.3, 0.4) is 0 Å². The number of nitriles is 1. The molecule has 0 aliphatic carbocycles. The van der Waals surface area contributed by atoms with Crippen LogP contribution < -0.4 is 0 Å². The van der Waals surface area contributed by atoms with E-state index in [-0.39, 0.29) is 11.3 Å². The van der Waals surface area contributed by atoms with Gasteiger partial charge in [-0.25, -0.2) is 4.79 Å². The van der Waals surface area contributed by atoms with Crippen molar-refractivity contribution in [1.82, 2.24) is 5.16 Å². The Labute approximate surface area is 90.5 Å². The Kier molecular flexibility index (Phi) is 2.40. The Morgan fingerprint density at radius 2 is 2.31 bits per heavy atom. The van der Waals surface area contributed by atoms with E-state index < -0.39 is 5.97 Å². The highest BCUT2D eigenvalue weighted by Gasteiger charge is 2.16. The van der Waals surface area contributed by atoms with Crippen LogP contribution in [-0.2, 0) is 0 Å². The highest BCUT2D eigenvalue weighted by molar-refractivity contribution is 5.94. The predicted molar refractivity (Wildman–Crippen MR) is 53.6 cm³/mol. The second-order valence-corrected chi connectivity index (χ2v) is 3.07. The maximum atomic E-state index is 10.8. The number of rotatable bonds is 2. The first-order valence-corrected chi connectivity index (χ1v) is 4.40. The van der Waals surface area contributed by atoms with Gasteiger partial charge in [0, 0.05) is 5.56 Å². The van der Waals surface area contributed by atoms with Crippen molar-refractivity contribution >= 4 is 5.97 Å². The number of benzene rings is 1. The second kappa shape index (κ2) is 3.87. The molecule has 1 N–H and O–H groups in total. The van der Waals surface area contributed by atoms with Crippen LogP contribution in [0.25, 0.3) is 11.3 Å². The number of carbonyl (C=O) groups is 1. The van der Waals surface area contributed by atoms with E-state index in [4.69, 9.17) is 10.4 Å². The minimum atomic E-state index is -1.11. The molecule has 16 heavy (non-hydrogen) atoms. The molecule has 0 aliphatic rings. The standard InChI is InChI=1S/C11H6N2O3/c12-5-7-2-1-3-8(4-7)10-9(11(14)15)6-16-13-10/h1-4,6H,(H,14,15). The molecule has 2 rings (SSSR count). The summed E-state index contributed by atoms with van der Waals surface area (Å²) in [5.41, 5.74) is 1.20. The fourth-order valence-electron chi connectivity index (χ4n) is 1.33. The zero-order valence-corrected chi connectivity index (χ0v) is 8.04. The van der Waals surface area contributed by atoms with Gasteiger partial charge in [-0.1, -0.05) is 17.3 Å². The average Bonchev–Trinajstić information content (AvgIpc) is 2.78. The summed E-state index contributed by atoms with van der Waals surface area (Å²) < 4.78 is 4.62. The van der Waals surface area contributed by atoms with E-state index in [0.29, 0.717) is 11.1 Å². The predicted octanol–water partition coefficient (Wildman–Crippen LogP) is 1.91. The molecule has 1 aromatic heterocycles. The molecule has 1 aromatic carbocycles. The lowest BCUT2D eigenvalue weighted by atomic mass is 10.1. The van der Waals surface area contributed by atoms with Crippen LogP contribution in [0, 0.1) is 11.3 Å². The largest absolute Gasteiger partial charge is 0.477 e. The Bertz CT molecular complexity index is 581. The molecule has 5 nitrogen and oxygen atoms in total. The van der Waals surface area contributed by atoms with Crippen LogP contribution >= 0.6 is 0 Å². The van der Waals surface area contributed by atoms with Crippen molar-refractivity contribution in [2.24, 2.45) is 0 Å². The van der Waals surface area contributed by atoms with Crippen LogP contribution in [0.4, 0.5) is 0 Å². The molecule has 0 aliphatic heterocycles. The molecular weight excluding hydrogens is 208 g/mol. The zero-order valence-electron chi connectivity index (χ0n) is 8.04. The van der Waals surface area contributed by atoms with Crippen molar-refractivity contribution < 1.29 is 14.4 Å². The van der Waals surface area contributed by atoms with Crippen molar-refractivity contribution in [3.63, 3.8) is 0 Å². The molecule has 0 unspecified atom stereocenters. The third-order valence-electron chi connectivity index (χ3n) is 2.07. The molecule has 78 valence electrons. The molecule has 0 saturated heterocycles. The Morgan fingerprint density at radius 1 is 1.50 bits per heavy atom. The molecule has 0 amide bonds. The maximum absolute atomic E-state index is 10.8. The van der Waals surface area contributed by atoms with Crippen LogP contribution in [0.2, 0.25) is 0 Å². The summed E-state index contributed by atoms with van der Waals surface area (Å²) in [4.78, 5) is 10.8. The number of carboxylic acids is 1. The number of aromatic carboxylic acids is 1. The van der Waals surface area contributed by atoms with Crippen molar-refractivity contribution in [2.75, 3.05) is 0 Å². The molecular formula is C11H6N2O3. The van der Waals surface area contributed by atoms with Gasteiger partial charge in [0.05, 0.1) is 11.6 Å². The van der Waals surface area contributed by atoms with E-state index in [1.807, 2.05) is 6.07 Å². The Morgan fingerprint density at radius 3 is 3.00 bits per heavy atom. The summed E-state index contributed by atoms with van der Waals surface area (Å²) in [5.74, 6) is -1.11. The van der Waals surface area contributed by atoms with Crippen LogP contribution in [0.15, 0.2) is 35.1 Å². The molecule has 1 heterocycles. The van der Waals surface area contributed by atoms with Gasteiger partial charge in [-0.2, -0.15) is 5.26 Å². The van der Waals surface area contributed by atoms with Gasteiger partial charge >= 0.3 is 5.97 Å². The Balaban J connectivity index is 2.55. The van der Waals surface area contributed by atoms with Crippen molar-refractivity contribution in [3.8, 4) is 17.3 Å². The highest BCUT2D eigenvalue weighted by atomic mass is 16.5. The van der Waals surface area contributed by atoms with E-state index in [9.17, 15) is 4.79 Å². The third-order valence-corrected chi connectivity index (χ3v) is 2.07. The maximum Gasteiger partial charge on any atom is 0.341 e. The first-order chi connectivity index (χ1) is 7.72. The number of hydrogen-bond acceptors (Lipinski definition) is 4. The Hall–Kier alpha value is -2.61. The summed E-state index contributed by atoms with van der Waals surface area (Å²) in [7, 11) is 0. The molecule has 5 heteroatoms. The summed E-state index contributed by atoms with van der Waals surface area (Å²) in [6, 6.07) is 8.49. The summed E-state index contributed by atoms with van der Waals surface area (Å²) in [6.45, 7) is 0. The number of hydrogen-bond donors (Lipinski definition) is 1. The number of aromatic nitrogens is 1. The van der Waals surface area contributed by atoms with Crippen molar-refractivity contribution in [1.29, 1.82) is 5.26 Å². The monoisotopic (exact) mass is 214 g/mol. The van der Waals surface area contributed by atoms with E-state index >= 15 is 0 Å². The SMILES string of the molecule is N#Cc1cccc(-c2nocc2C(=O)O)c1. The lowest BCUT2D eigenvalue weighted by Crippen LogP contribution is -1.96. The van der Waals surface area contributed by atoms with E-state index in [2.05, 4.69) is 9.68 Å². The van der Waals surface area contributed by atoms with Gasteiger partial charge in [-0.3, -0.25) is 0 Å². The van der Waals surface area contributed by atoms with E-state index in [1.54, 1.807) is 24.3 Å². The molecule has 0 spiro atoms. The number of nitrogens with zero attached hydrogens (tertiary/aromatic N) is 2. The van der Waals surface area contributed by atoms with Gasteiger partial charge in [0.2, 0.25) is 0 Å². The van der Waals surface area contributed by atoms with Crippen LogP contribution in [0.5, 0.6) is 0 Å². The van der Waals surface area contributed by atoms with Gasteiger partial charge < -0.3 is 9.63 Å². The second-order valence-electron chi connectivity index (χ2n) is 3.07. The normalized spacial score (nSPS) is 9.69. The lowest BCUT2D eigenvalue weighted by molar-refractivity contribution is 0.0697. The van der Waals surface area contributed by atoms with Gasteiger partial charge in [-0.05, 0) is 12.1 Å². The molecule has 2 aromatic rings. The summed E-state index contributed by atoms with van der Waals surface area (Å²) in [6.07, 6.45) is 1.07. The van der Waals surface area contributed by atoms with Gasteiger partial charge in [-0.15, -0.1) is 0 Å². The molecule has 0 radical (unpaired) electrons. The molecule has 0 saturated carbocycles. The van der Waals surface area contributed by atoms with Crippen LogP contribution in [0.1, 0.15) is 15.9 Å². The summed E-state index contributed by atoms with van der Waals surface area (Å²) in [5, 5.41) is 21.2. The first-order valence-electron chi connectivity index (χ1n) is 4.40. The van der Waals surface area contributed by atoms with Crippen molar-refractivity contribution in [2.45, 2.75) is 0 Å². The molecule has 0 bridgehead atoms. The third kappa shape index (κ3) is 1.64. The minimum Gasteiger partial charge on any atom is -0.477 e. The zero-order chi connectivity index (χ0) is 11.5. The van der Waals surface area contributed by atoms with E-state index in [0.717, 1.165) is 6.26 Å². The minimum absolute atomic E-state index is 0.0184. The van der Waals surface area contributed by atoms with Gasteiger partial charge in [0.25, 0.3) is 0 Å². The average molecular weight is 214 g/mol. The lowest BCUT2D eigenvalue weighted by Gasteiger charge is -1.97. The van der Waals surface area contributed by atoms with Gasteiger partial charge in [0.15, 0.2) is 0 Å². The number of carboxylic acid groups (broad SMARTS) is 1. The fourth-order valence-corrected chi connectivity index (χ4v) is 1.33.